The number of esters is 1. The average Bonchev–Trinajstić information content (AvgIpc) is 3.33. The normalized spacial score (nSPS) is 10.5. The fourth-order valence-corrected chi connectivity index (χ4v) is 3.94. The first kappa shape index (κ1) is 26.0. The Bertz CT molecular complexity index is 1520. The van der Waals surface area contributed by atoms with Gasteiger partial charge < -0.3 is 23.9 Å². The van der Waals surface area contributed by atoms with Gasteiger partial charge in [-0.1, -0.05) is 12.1 Å². The van der Waals surface area contributed by atoms with E-state index in [1.165, 1.54) is 33.5 Å². The third-order valence-electron chi connectivity index (χ3n) is 5.88. The maximum absolute atomic E-state index is 13.0. The lowest BCUT2D eigenvalue weighted by Crippen LogP contribution is -2.11. The summed E-state index contributed by atoms with van der Waals surface area (Å²) >= 11 is 0. The van der Waals surface area contributed by atoms with E-state index in [4.69, 9.17) is 18.6 Å². The number of hydrogen-bond donors (Lipinski definition) is 1. The molecule has 194 valence electrons. The zero-order valence-electron chi connectivity index (χ0n) is 21.1. The summed E-state index contributed by atoms with van der Waals surface area (Å²) in [4.78, 5) is 36.0. The van der Waals surface area contributed by atoms with Gasteiger partial charge in [-0.3, -0.25) is 14.9 Å². The molecule has 0 fully saturated rings. The summed E-state index contributed by atoms with van der Waals surface area (Å²) < 4.78 is 20.9. The molecule has 0 spiro atoms. The van der Waals surface area contributed by atoms with Crippen LogP contribution in [-0.2, 0) is 4.74 Å². The van der Waals surface area contributed by atoms with E-state index in [1.807, 2.05) is 0 Å². The predicted molar refractivity (Wildman–Crippen MR) is 140 cm³/mol. The number of methoxy groups -OCH3 is 3. The number of nitro benzene ring substituents is 1. The van der Waals surface area contributed by atoms with Crippen molar-refractivity contribution in [3.63, 3.8) is 0 Å². The Morgan fingerprint density at radius 3 is 2.21 bits per heavy atom. The number of rotatable bonds is 8. The van der Waals surface area contributed by atoms with Gasteiger partial charge in [0.2, 0.25) is 0 Å². The topological polar surface area (TPSA) is 130 Å². The average molecular weight is 517 g/mol. The molecular formula is C28H24N2O8. The molecule has 1 N–H and O–H groups in total. The Morgan fingerprint density at radius 1 is 0.895 bits per heavy atom. The number of carbonyl (C=O) groups is 2. The van der Waals surface area contributed by atoms with Crippen molar-refractivity contribution in [2.75, 3.05) is 26.6 Å². The van der Waals surface area contributed by atoms with Gasteiger partial charge in [0, 0.05) is 16.8 Å². The molecular weight excluding hydrogens is 492 g/mol. The molecule has 1 aromatic heterocycles. The number of carbonyl (C=O) groups excluding carboxylic acids is 2. The molecule has 4 aromatic rings. The van der Waals surface area contributed by atoms with Crippen LogP contribution in [0.4, 0.5) is 11.4 Å². The van der Waals surface area contributed by atoms with Crippen LogP contribution in [0.25, 0.3) is 22.5 Å². The Balaban J connectivity index is 1.57. The van der Waals surface area contributed by atoms with Crippen LogP contribution in [-0.4, -0.2) is 38.1 Å². The molecule has 3 aromatic carbocycles. The summed E-state index contributed by atoms with van der Waals surface area (Å²) in [5, 5.41) is 14.5. The first-order chi connectivity index (χ1) is 18.2. The van der Waals surface area contributed by atoms with Crippen molar-refractivity contribution in [3.05, 3.63) is 93.7 Å². The number of hydrogen-bond acceptors (Lipinski definition) is 8. The maximum Gasteiger partial charge on any atom is 0.341 e. The molecule has 10 nitrogen and oxygen atoms in total. The van der Waals surface area contributed by atoms with E-state index in [9.17, 15) is 19.7 Å². The van der Waals surface area contributed by atoms with Crippen molar-refractivity contribution in [2.24, 2.45) is 0 Å². The molecule has 0 saturated carbocycles. The van der Waals surface area contributed by atoms with Gasteiger partial charge in [0.1, 0.15) is 17.1 Å². The Morgan fingerprint density at radius 2 is 1.58 bits per heavy atom. The first-order valence-corrected chi connectivity index (χ1v) is 11.4. The van der Waals surface area contributed by atoms with E-state index >= 15 is 0 Å². The van der Waals surface area contributed by atoms with Crippen LogP contribution in [0.1, 0.15) is 26.5 Å². The van der Waals surface area contributed by atoms with Crippen molar-refractivity contribution >= 4 is 23.3 Å². The van der Waals surface area contributed by atoms with E-state index in [2.05, 4.69) is 5.32 Å². The fourth-order valence-electron chi connectivity index (χ4n) is 3.94. The molecule has 0 aliphatic heterocycles. The molecule has 0 saturated heterocycles. The molecule has 0 unspecified atom stereocenters. The van der Waals surface area contributed by atoms with Crippen molar-refractivity contribution in [3.8, 4) is 33.9 Å². The highest BCUT2D eigenvalue weighted by Crippen LogP contribution is 2.40. The van der Waals surface area contributed by atoms with Crippen LogP contribution in [0.2, 0.25) is 0 Å². The SMILES string of the molecule is COC(=O)c1cc(-c2ccc(NC(=O)c3cccc(-c4cc(OC)c(OC)cc4[N+](=O)[O-])c3)cc2)oc1C. The maximum atomic E-state index is 13.0. The van der Waals surface area contributed by atoms with E-state index in [1.54, 1.807) is 61.5 Å². The van der Waals surface area contributed by atoms with Crippen LogP contribution in [0.3, 0.4) is 0 Å². The third kappa shape index (κ3) is 5.19. The molecule has 1 heterocycles. The summed E-state index contributed by atoms with van der Waals surface area (Å²) in [5.41, 5.74) is 2.46. The van der Waals surface area contributed by atoms with Crippen LogP contribution < -0.4 is 14.8 Å². The van der Waals surface area contributed by atoms with Crippen molar-refractivity contribution in [2.45, 2.75) is 6.92 Å². The highest BCUT2D eigenvalue weighted by Gasteiger charge is 2.22. The lowest BCUT2D eigenvalue weighted by Gasteiger charge is -2.12. The number of nitrogens with one attached hydrogen (secondary N) is 1. The number of furan rings is 1. The van der Waals surface area contributed by atoms with Crippen LogP contribution in [0.15, 0.2) is 71.1 Å². The third-order valence-corrected chi connectivity index (χ3v) is 5.88. The number of nitrogens with zero attached hydrogens (tertiary/aromatic N) is 1. The summed E-state index contributed by atoms with van der Waals surface area (Å²) in [6.07, 6.45) is 0. The predicted octanol–water partition coefficient (Wildman–Crippen LogP) is 5.89. The Kier molecular flexibility index (Phi) is 7.43. The Hall–Kier alpha value is -5.12. The zero-order valence-corrected chi connectivity index (χ0v) is 21.1. The van der Waals surface area contributed by atoms with E-state index in [-0.39, 0.29) is 17.0 Å². The molecule has 4 rings (SSSR count). The lowest BCUT2D eigenvalue weighted by molar-refractivity contribution is -0.384. The number of aryl methyl sites for hydroxylation is 1. The quantitative estimate of drug-likeness (QED) is 0.174. The van der Waals surface area contributed by atoms with Crippen LogP contribution >= 0.6 is 0 Å². The number of anilines is 1. The van der Waals surface area contributed by atoms with Gasteiger partial charge in [-0.15, -0.1) is 0 Å². The second-order valence-corrected chi connectivity index (χ2v) is 8.17. The summed E-state index contributed by atoms with van der Waals surface area (Å²) in [6.45, 7) is 1.68. The zero-order chi connectivity index (χ0) is 27.4. The minimum Gasteiger partial charge on any atom is -0.493 e. The van der Waals surface area contributed by atoms with Gasteiger partial charge in [-0.2, -0.15) is 0 Å². The highest BCUT2D eigenvalue weighted by atomic mass is 16.6. The van der Waals surface area contributed by atoms with Crippen molar-refractivity contribution in [1.29, 1.82) is 0 Å². The molecule has 0 atom stereocenters. The molecule has 0 aliphatic carbocycles. The molecule has 10 heteroatoms. The smallest absolute Gasteiger partial charge is 0.341 e. The van der Waals surface area contributed by atoms with Crippen molar-refractivity contribution < 1.29 is 33.1 Å². The summed E-state index contributed by atoms with van der Waals surface area (Å²) in [7, 11) is 4.14. The van der Waals surface area contributed by atoms with Gasteiger partial charge in [0.15, 0.2) is 11.5 Å². The number of amides is 1. The fraction of sp³-hybridized carbons (Fsp3) is 0.143. The number of nitro groups is 1. The van der Waals surface area contributed by atoms with Gasteiger partial charge in [0.25, 0.3) is 11.6 Å². The molecule has 1 amide bonds. The first-order valence-electron chi connectivity index (χ1n) is 11.4. The van der Waals surface area contributed by atoms with Crippen molar-refractivity contribution in [1.82, 2.24) is 0 Å². The Labute approximate surface area is 217 Å². The summed E-state index contributed by atoms with van der Waals surface area (Å²) in [5.74, 6) is 0.607. The number of ether oxygens (including phenoxy) is 3. The van der Waals surface area contributed by atoms with Gasteiger partial charge >= 0.3 is 5.97 Å². The standard InChI is InChI=1S/C28H24N2O8/c1-16-21(28(32)37-4)13-24(38-16)17-8-10-20(11-9-17)29-27(31)19-7-5-6-18(12-19)22-14-25(35-2)26(36-3)15-23(22)30(33)34/h5-15H,1-4H3,(H,29,31). The molecule has 38 heavy (non-hydrogen) atoms. The minimum absolute atomic E-state index is 0.181. The molecule has 0 aliphatic rings. The van der Waals surface area contributed by atoms with E-state index < -0.39 is 16.8 Å². The van der Waals surface area contributed by atoms with Gasteiger partial charge in [-0.25, -0.2) is 4.79 Å². The summed E-state index contributed by atoms with van der Waals surface area (Å²) in [6, 6.07) is 17.8. The van der Waals surface area contributed by atoms with Gasteiger partial charge in [-0.05, 0) is 61.0 Å². The second kappa shape index (κ2) is 10.9. The largest absolute Gasteiger partial charge is 0.493 e. The lowest BCUT2D eigenvalue weighted by atomic mass is 10.00. The van der Waals surface area contributed by atoms with E-state index in [0.29, 0.717) is 45.2 Å². The minimum atomic E-state index is -0.514. The number of benzene rings is 3. The van der Waals surface area contributed by atoms with Gasteiger partial charge in [0.05, 0.1) is 37.9 Å². The molecule has 0 bridgehead atoms. The van der Waals surface area contributed by atoms with Crippen LogP contribution in [0, 0.1) is 17.0 Å². The second-order valence-electron chi connectivity index (χ2n) is 8.17. The highest BCUT2D eigenvalue weighted by molar-refractivity contribution is 6.05. The monoisotopic (exact) mass is 516 g/mol. The van der Waals surface area contributed by atoms with E-state index in [0.717, 1.165) is 0 Å². The molecule has 0 radical (unpaired) electrons. The van der Waals surface area contributed by atoms with Crippen LogP contribution in [0.5, 0.6) is 11.5 Å².